The first-order chi connectivity index (χ1) is 9.40. The van der Waals surface area contributed by atoms with Crippen molar-refractivity contribution in [1.29, 1.82) is 0 Å². The number of alkyl halides is 2. The van der Waals surface area contributed by atoms with Crippen LogP contribution in [-0.2, 0) is 9.59 Å². The molecule has 0 aromatic carbocycles. The molecule has 4 nitrogen and oxygen atoms in total. The lowest BCUT2D eigenvalue weighted by Gasteiger charge is -2.24. The van der Waals surface area contributed by atoms with Gasteiger partial charge in [0.15, 0.2) is 0 Å². The van der Waals surface area contributed by atoms with E-state index in [1.807, 2.05) is 27.7 Å². The van der Waals surface area contributed by atoms with Crippen LogP contribution in [0.1, 0.15) is 40.5 Å². The van der Waals surface area contributed by atoms with Crippen molar-refractivity contribution in [3.8, 4) is 0 Å². The van der Waals surface area contributed by atoms with E-state index in [0.29, 0.717) is 11.8 Å². The number of nitrogens with one attached hydrogen (secondary N) is 2. The number of hydrogen-bond donors (Lipinski definition) is 2. The van der Waals surface area contributed by atoms with Gasteiger partial charge in [-0.2, -0.15) is 0 Å². The zero-order valence-corrected chi connectivity index (χ0v) is 14.2. The second kappa shape index (κ2) is 10.3. The minimum absolute atomic E-state index is 0.196. The highest BCUT2D eigenvalue weighted by Gasteiger charge is 2.24. The van der Waals surface area contributed by atoms with Crippen LogP contribution >= 0.6 is 23.2 Å². The predicted molar refractivity (Wildman–Crippen MR) is 84.2 cm³/mol. The second-order valence-electron chi connectivity index (χ2n) is 5.24. The Kier molecular flexibility index (Phi) is 10.0. The molecule has 0 saturated carbocycles. The standard InChI is InChI=1S/C14H26Cl2N2O2/c1-5-9(3)11(7-15)17-13(19)14(20)18-12(8-16)10(4)6-2/h9-12H,5-8H2,1-4H3,(H,17,19)(H,18,20)/t9-,10-,11+,12+/m0/s1. The highest BCUT2D eigenvalue weighted by Crippen LogP contribution is 2.10. The van der Waals surface area contributed by atoms with Crippen molar-refractivity contribution in [3.05, 3.63) is 0 Å². The number of amides is 2. The number of rotatable bonds is 8. The summed E-state index contributed by atoms with van der Waals surface area (Å²) in [6.07, 6.45) is 1.77. The Morgan fingerprint density at radius 2 is 1.15 bits per heavy atom. The van der Waals surface area contributed by atoms with Crippen molar-refractivity contribution in [3.63, 3.8) is 0 Å². The number of hydrogen-bond acceptors (Lipinski definition) is 2. The fraction of sp³-hybridized carbons (Fsp3) is 0.857. The van der Waals surface area contributed by atoms with Crippen LogP contribution in [0.15, 0.2) is 0 Å². The van der Waals surface area contributed by atoms with Gasteiger partial charge in [-0.25, -0.2) is 0 Å². The monoisotopic (exact) mass is 324 g/mol. The molecule has 0 bridgehead atoms. The Balaban J connectivity index is 4.50. The Morgan fingerprint density at radius 3 is 1.35 bits per heavy atom. The SMILES string of the molecule is CC[C@H](C)[C@@H](CCl)NC(=O)C(=O)N[C@H](CCl)[C@@H](C)CC. The molecule has 0 aliphatic rings. The first-order valence-corrected chi connectivity index (χ1v) is 8.21. The van der Waals surface area contributed by atoms with Crippen LogP contribution in [0, 0.1) is 11.8 Å². The molecule has 0 aliphatic heterocycles. The van der Waals surface area contributed by atoms with Crippen LogP contribution < -0.4 is 10.6 Å². The van der Waals surface area contributed by atoms with Gasteiger partial charge in [-0.3, -0.25) is 9.59 Å². The van der Waals surface area contributed by atoms with Crippen molar-refractivity contribution in [2.75, 3.05) is 11.8 Å². The van der Waals surface area contributed by atoms with Crippen LogP contribution in [0.4, 0.5) is 0 Å². The molecule has 4 atom stereocenters. The molecule has 0 fully saturated rings. The molecule has 0 unspecified atom stereocenters. The smallest absolute Gasteiger partial charge is 0.309 e. The third-order valence-electron chi connectivity index (χ3n) is 3.83. The van der Waals surface area contributed by atoms with Crippen molar-refractivity contribution < 1.29 is 9.59 Å². The lowest BCUT2D eigenvalue weighted by Crippen LogP contribution is -2.51. The summed E-state index contributed by atoms with van der Waals surface area (Å²) in [5.74, 6) is -0.259. The summed E-state index contributed by atoms with van der Waals surface area (Å²) in [4.78, 5) is 23.7. The van der Waals surface area contributed by atoms with Gasteiger partial charge in [-0.15, -0.1) is 23.2 Å². The Labute approximate surface area is 132 Å². The van der Waals surface area contributed by atoms with Crippen molar-refractivity contribution in [1.82, 2.24) is 10.6 Å². The summed E-state index contributed by atoms with van der Waals surface area (Å²) < 4.78 is 0. The molecule has 0 saturated heterocycles. The van der Waals surface area contributed by atoms with Crippen LogP contribution in [0.25, 0.3) is 0 Å². The summed E-state index contributed by atoms with van der Waals surface area (Å²) in [7, 11) is 0. The molecule has 20 heavy (non-hydrogen) atoms. The van der Waals surface area contributed by atoms with Gasteiger partial charge in [0.2, 0.25) is 0 Å². The number of carbonyl (C=O) groups is 2. The Morgan fingerprint density at radius 1 is 0.850 bits per heavy atom. The maximum absolute atomic E-state index is 11.9. The zero-order valence-electron chi connectivity index (χ0n) is 12.7. The first-order valence-electron chi connectivity index (χ1n) is 7.14. The molecular formula is C14H26Cl2N2O2. The van der Waals surface area contributed by atoms with Gasteiger partial charge in [0.05, 0.1) is 0 Å². The molecule has 118 valence electrons. The van der Waals surface area contributed by atoms with Crippen LogP contribution in [0.2, 0.25) is 0 Å². The normalized spacial score (nSPS) is 16.9. The minimum atomic E-state index is -0.644. The van der Waals surface area contributed by atoms with Gasteiger partial charge >= 0.3 is 11.8 Å². The molecule has 2 N–H and O–H groups in total. The third kappa shape index (κ3) is 6.31. The molecule has 0 spiro atoms. The van der Waals surface area contributed by atoms with Crippen LogP contribution in [0.5, 0.6) is 0 Å². The maximum Gasteiger partial charge on any atom is 0.309 e. The molecule has 0 rings (SSSR count). The zero-order chi connectivity index (χ0) is 15.7. The molecule has 0 aromatic heterocycles. The van der Waals surface area contributed by atoms with Gasteiger partial charge in [-0.05, 0) is 11.8 Å². The van der Waals surface area contributed by atoms with E-state index in [0.717, 1.165) is 12.8 Å². The molecule has 2 amide bonds. The van der Waals surface area contributed by atoms with Crippen molar-refractivity contribution in [2.24, 2.45) is 11.8 Å². The van der Waals surface area contributed by atoms with Crippen molar-refractivity contribution in [2.45, 2.75) is 52.6 Å². The summed E-state index contributed by atoms with van der Waals surface area (Å²) in [5.41, 5.74) is 0. The number of halogens is 2. The second-order valence-corrected chi connectivity index (χ2v) is 5.86. The summed E-state index contributed by atoms with van der Waals surface area (Å²) in [6.45, 7) is 8.02. The molecule has 6 heteroatoms. The van der Waals surface area contributed by atoms with E-state index < -0.39 is 11.8 Å². The number of carbonyl (C=O) groups excluding carboxylic acids is 2. The van der Waals surface area contributed by atoms with Gasteiger partial charge in [0.25, 0.3) is 0 Å². The van der Waals surface area contributed by atoms with E-state index in [1.165, 1.54) is 0 Å². The molecule has 0 aromatic rings. The molecule has 0 radical (unpaired) electrons. The summed E-state index contributed by atoms with van der Waals surface area (Å²) in [6, 6.07) is -0.393. The van der Waals surface area contributed by atoms with Crippen LogP contribution in [-0.4, -0.2) is 35.7 Å². The topological polar surface area (TPSA) is 58.2 Å². The minimum Gasteiger partial charge on any atom is -0.344 e. The van der Waals surface area contributed by atoms with E-state index in [-0.39, 0.29) is 23.9 Å². The maximum atomic E-state index is 11.9. The lowest BCUT2D eigenvalue weighted by atomic mass is 10.00. The quantitative estimate of drug-likeness (QED) is 0.532. The van der Waals surface area contributed by atoms with E-state index in [4.69, 9.17) is 23.2 Å². The average Bonchev–Trinajstić information content (AvgIpc) is 2.47. The molecule has 0 aliphatic carbocycles. The third-order valence-corrected chi connectivity index (χ3v) is 4.50. The van der Waals surface area contributed by atoms with Crippen molar-refractivity contribution >= 4 is 35.0 Å². The van der Waals surface area contributed by atoms with E-state index in [1.54, 1.807) is 0 Å². The Hall–Kier alpha value is -0.480. The predicted octanol–water partition coefficient (Wildman–Crippen LogP) is 2.53. The average molecular weight is 325 g/mol. The highest BCUT2D eigenvalue weighted by atomic mass is 35.5. The Bertz CT molecular complexity index is 284. The van der Waals surface area contributed by atoms with Gasteiger partial charge in [0.1, 0.15) is 0 Å². The van der Waals surface area contributed by atoms with Gasteiger partial charge in [0, 0.05) is 23.8 Å². The molecule has 0 heterocycles. The van der Waals surface area contributed by atoms with Gasteiger partial charge < -0.3 is 10.6 Å². The van der Waals surface area contributed by atoms with E-state index in [2.05, 4.69) is 10.6 Å². The van der Waals surface area contributed by atoms with E-state index >= 15 is 0 Å². The fourth-order valence-corrected chi connectivity index (χ4v) is 2.47. The van der Waals surface area contributed by atoms with Crippen LogP contribution in [0.3, 0.4) is 0 Å². The summed E-state index contributed by atoms with van der Waals surface area (Å²) >= 11 is 11.7. The summed E-state index contributed by atoms with van der Waals surface area (Å²) in [5, 5.41) is 5.36. The first kappa shape index (κ1) is 19.5. The largest absolute Gasteiger partial charge is 0.344 e. The van der Waals surface area contributed by atoms with E-state index in [9.17, 15) is 9.59 Å². The van der Waals surface area contributed by atoms with Gasteiger partial charge in [-0.1, -0.05) is 40.5 Å². The molecular weight excluding hydrogens is 299 g/mol. The fourth-order valence-electron chi connectivity index (χ4n) is 1.70. The lowest BCUT2D eigenvalue weighted by molar-refractivity contribution is -0.140. The highest BCUT2D eigenvalue weighted by molar-refractivity contribution is 6.35.